The van der Waals surface area contributed by atoms with Crippen LogP contribution < -0.4 is 14.5 Å². The summed E-state index contributed by atoms with van der Waals surface area (Å²) in [5, 5.41) is 21.2. The van der Waals surface area contributed by atoms with Gasteiger partial charge in [-0.2, -0.15) is 15.2 Å². The molecule has 2 fully saturated rings. The summed E-state index contributed by atoms with van der Waals surface area (Å²) in [6.07, 6.45) is 2.46. The van der Waals surface area contributed by atoms with Crippen LogP contribution in [0, 0.1) is 11.3 Å². The number of carbonyl (C=O) groups is 2. The van der Waals surface area contributed by atoms with Crippen molar-refractivity contribution in [3.63, 3.8) is 0 Å². The SMILES string of the molecule is CN1CCCC1COc1nc2c(c(N3CCN(C(=O)O)C(CC#N)C3)n1)CCCN(c1cccc3ccccc13)C2=O. The lowest BCUT2D eigenvalue weighted by Crippen LogP contribution is -2.55. The van der Waals surface area contributed by atoms with Crippen molar-refractivity contribution in [2.45, 2.75) is 44.2 Å². The number of carbonyl (C=O) groups excluding carboxylic acids is 1. The lowest BCUT2D eigenvalue weighted by atomic mass is 10.1. The number of amides is 2. The second-order valence-corrected chi connectivity index (χ2v) is 11.2. The monoisotopic (exact) mass is 569 g/mol. The van der Waals surface area contributed by atoms with E-state index in [1.165, 1.54) is 4.90 Å². The molecule has 1 N–H and O–H groups in total. The number of aromatic nitrogens is 2. The van der Waals surface area contributed by atoms with Crippen molar-refractivity contribution < 1.29 is 19.4 Å². The number of nitriles is 1. The summed E-state index contributed by atoms with van der Waals surface area (Å²) in [4.78, 5) is 43.1. The Hall–Kier alpha value is -4.43. The van der Waals surface area contributed by atoms with Crippen molar-refractivity contribution in [3.8, 4) is 12.1 Å². The quantitative estimate of drug-likeness (QED) is 0.472. The standard InChI is InChI=1S/C31H35N7O4/c1-35-15-5-9-23(35)20-42-30-33-27-25(28(34-30)36-17-18-37(31(40)41)22(19-36)13-14-32)11-6-16-38(29(27)39)26-12-4-8-21-7-2-3-10-24(21)26/h2-4,7-8,10,12,22-23H,5-6,9,11,13,15-20H2,1H3,(H,40,41). The molecule has 11 nitrogen and oxygen atoms in total. The zero-order valence-electron chi connectivity index (χ0n) is 23.8. The van der Waals surface area contributed by atoms with Crippen LogP contribution in [0.1, 0.15) is 41.7 Å². The molecule has 11 heteroatoms. The molecule has 3 aliphatic rings. The van der Waals surface area contributed by atoms with Crippen LogP contribution in [0.2, 0.25) is 0 Å². The average Bonchev–Trinajstić information content (AvgIpc) is 3.34. The van der Waals surface area contributed by atoms with Crippen molar-refractivity contribution in [1.82, 2.24) is 19.8 Å². The number of piperazine rings is 1. The number of benzene rings is 2. The van der Waals surface area contributed by atoms with Gasteiger partial charge in [-0.05, 0) is 50.7 Å². The topological polar surface area (TPSA) is 126 Å². The van der Waals surface area contributed by atoms with Gasteiger partial charge in [0.15, 0.2) is 0 Å². The van der Waals surface area contributed by atoms with Crippen LogP contribution >= 0.6 is 0 Å². The highest BCUT2D eigenvalue weighted by atomic mass is 16.5. The van der Waals surface area contributed by atoms with Crippen LogP contribution in [-0.4, -0.2) is 95.3 Å². The van der Waals surface area contributed by atoms with Gasteiger partial charge in [0.25, 0.3) is 5.91 Å². The van der Waals surface area contributed by atoms with Crippen LogP contribution in [-0.2, 0) is 6.42 Å². The maximum atomic E-state index is 14.3. The number of hydrogen-bond acceptors (Lipinski definition) is 8. The summed E-state index contributed by atoms with van der Waals surface area (Å²) >= 11 is 0. The second-order valence-electron chi connectivity index (χ2n) is 11.2. The molecule has 4 heterocycles. The molecule has 2 atom stereocenters. The van der Waals surface area contributed by atoms with Crippen molar-refractivity contribution in [2.24, 2.45) is 0 Å². The Morgan fingerprint density at radius 1 is 1.07 bits per heavy atom. The van der Waals surface area contributed by atoms with Gasteiger partial charge in [-0.15, -0.1) is 0 Å². The first-order valence-corrected chi connectivity index (χ1v) is 14.6. The average molecular weight is 570 g/mol. The first kappa shape index (κ1) is 27.7. The highest BCUT2D eigenvalue weighted by Crippen LogP contribution is 2.34. The van der Waals surface area contributed by atoms with Crippen molar-refractivity contribution >= 4 is 34.3 Å². The summed E-state index contributed by atoms with van der Waals surface area (Å²) in [6.45, 7) is 2.88. The van der Waals surface area contributed by atoms with Gasteiger partial charge in [0, 0.05) is 43.2 Å². The van der Waals surface area contributed by atoms with Gasteiger partial charge in [-0.1, -0.05) is 36.4 Å². The summed E-state index contributed by atoms with van der Waals surface area (Å²) < 4.78 is 6.17. The van der Waals surface area contributed by atoms with Crippen LogP contribution in [0.15, 0.2) is 42.5 Å². The summed E-state index contributed by atoms with van der Waals surface area (Å²) in [7, 11) is 2.08. The van der Waals surface area contributed by atoms with Crippen molar-refractivity contribution in [2.75, 3.05) is 56.2 Å². The molecule has 2 unspecified atom stereocenters. The molecular weight excluding hydrogens is 534 g/mol. The smallest absolute Gasteiger partial charge is 0.407 e. The van der Waals surface area contributed by atoms with Gasteiger partial charge in [-0.3, -0.25) is 4.79 Å². The maximum absolute atomic E-state index is 14.3. The van der Waals surface area contributed by atoms with Gasteiger partial charge < -0.3 is 29.4 Å². The molecule has 2 amide bonds. The fraction of sp³-hybridized carbons (Fsp3) is 0.452. The van der Waals surface area contributed by atoms with Crippen LogP contribution in [0.3, 0.4) is 0 Å². The third-order valence-corrected chi connectivity index (χ3v) is 8.71. The number of likely N-dealkylation sites (tertiary alicyclic amines) is 1. The number of rotatable bonds is 6. The minimum absolute atomic E-state index is 0.0707. The normalized spacial score (nSPS) is 21.2. The molecule has 0 bridgehead atoms. The maximum Gasteiger partial charge on any atom is 0.407 e. The minimum Gasteiger partial charge on any atom is -0.465 e. The van der Waals surface area contributed by atoms with Crippen LogP contribution in [0.5, 0.6) is 6.01 Å². The van der Waals surface area contributed by atoms with Crippen LogP contribution in [0.25, 0.3) is 10.8 Å². The molecular formula is C31H35N7O4. The molecule has 6 rings (SSSR count). The number of fused-ring (bicyclic) bond motifs is 2. The van der Waals surface area contributed by atoms with E-state index in [-0.39, 0.29) is 30.9 Å². The number of hydrogen-bond donors (Lipinski definition) is 1. The fourth-order valence-electron chi connectivity index (χ4n) is 6.44. The molecule has 2 aromatic carbocycles. The molecule has 0 radical (unpaired) electrons. The van der Waals surface area contributed by atoms with E-state index < -0.39 is 12.1 Å². The largest absolute Gasteiger partial charge is 0.465 e. The molecule has 0 aliphatic carbocycles. The summed E-state index contributed by atoms with van der Waals surface area (Å²) in [6, 6.07) is 16.0. The predicted octanol–water partition coefficient (Wildman–Crippen LogP) is 3.78. The number of ether oxygens (including phenoxy) is 1. The van der Waals surface area contributed by atoms with E-state index in [0.717, 1.165) is 41.4 Å². The molecule has 3 aromatic rings. The Labute approximate surface area is 244 Å². The Balaban J connectivity index is 1.39. The Bertz CT molecular complexity index is 1530. The lowest BCUT2D eigenvalue weighted by Gasteiger charge is -2.40. The fourth-order valence-corrected chi connectivity index (χ4v) is 6.44. The van der Waals surface area contributed by atoms with Gasteiger partial charge in [0.2, 0.25) is 0 Å². The van der Waals surface area contributed by atoms with Crippen molar-refractivity contribution in [3.05, 3.63) is 53.7 Å². The minimum atomic E-state index is -1.04. The van der Waals surface area contributed by atoms with E-state index >= 15 is 0 Å². The Kier molecular flexibility index (Phi) is 7.80. The third-order valence-electron chi connectivity index (χ3n) is 8.71. The molecule has 0 saturated carbocycles. The first-order chi connectivity index (χ1) is 20.4. The second kappa shape index (κ2) is 11.8. The lowest BCUT2D eigenvalue weighted by molar-refractivity contribution is 0.0982. The Morgan fingerprint density at radius 3 is 2.69 bits per heavy atom. The molecule has 3 aliphatic heterocycles. The predicted molar refractivity (Wildman–Crippen MR) is 158 cm³/mol. The first-order valence-electron chi connectivity index (χ1n) is 14.6. The van der Waals surface area contributed by atoms with E-state index in [1.54, 1.807) is 4.90 Å². The zero-order chi connectivity index (χ0) is 29.2. The van der Waals surface area contributed by atoms with Crippen LogP contribution in [0.4, 0.5) is 16.3 Å². The zero-order valence-corrected chi connectivity index (χ0v) is 23.8. The van der Waals surface area contributed by atoms with E-state index in [0.29, 0.717) is 50.6 Å². The number of nitrogens with zero attached hydrogens (tertiary/aromatic N) is 7. The highest BCUT2D eigenvalue weighted by Gasteiger charge is 2.36. The number of carboxylic acid groups (broad SMARTS) is 1. The van der Waals surface area contributed by atoms with E-state index in [4.69, 9.17) is 14.7 Å². The Morgan fingerprint density at radius 2 is 1.90 bits per heavy atom. The van der Waals surface area contributed by atoms with E-state index in [9.17, 15) is 20.0 Å². The summed E-state index contributed by atoms with van der Waals surface area (Å²) in [5.41, 5.74) is 1.90. The molecule has 42 heavy (non-hydrogen) atoms. The summed E-state index contributed by atoms with van der Waals surface area (Å²) in [5.74, 6) is 0.388. The van der Waals surface area contributed by atoms with E-state index in [1.807, 2.05) is 47.4 Å². The van der Waals surface area contributed by atoms with E-state index in [2.05, 4.69) is 18.0 Å². The highest BCUT2D eigenvalue weighted by molar-refractivity contribution is 6.11. The van der Waals surface area contributed by atoms with Gasteiger partial charge in [0.05, 0.1) is 24.2 Å². The van der Waals surface area contributed by atoms with Gasteiger partial charge in [0.1, 0.15) is 18.1 Å². The van der Waals surface area contributed by atoms with Gasteiger partial charge >= 0.3 is 12.1 Å². The third kappa shape index (κ3) is 5.30. The molecule has 0 spiro atoms. The van der Waals surface area contributed by atoms with Crippen molar-refractivity contribution in [1.29, 1.82) is 5.26 Å². The van der Waals surface area contributed by atoms with Gasteiger partial charge in [-0.25, -0.2) is 4.79 Å². The molecule has 1 aromatic heterocycles. The number of likely N-dealkylation sites (N-methyl/N-ethyl adjacent to an activating group) is 1. The molecule has 2 saturated heterocycles. The molecule has 218 valence electrons. The number of anilines is 2.